The van der Waals surface area contributed by atoms with Gasteiger partial charge in [0, 0.05) is 5.41 Å². The van der Waals surface area contributed by atoms with Gasteiger partial charge in [0.2, 0.25) is 5.91 Å². The maximum atomic E-state index is 12.6. The molecule has 3 amide bonds. The molecule has 4 aliphatic carbocycles. The number of rotatable bonds is 3. The fourth-order valence-corrected chi connectivity index (χ4v) is 4.95. The highest BCUT2D eigenvalue weighted by Crippen LogP contribution is 2.60. The van der Waals surface area contributed by atoms with Crippen molar-refractivity contribution in [3.8, 4) is 0 Å². The van der Waals surface area contributed by atoms with Crippen LogP contribution in [0.4, 0.5) is 4.79 Å². The van der Waals surface area contributed by atoms with Gasteiger partial charge in [0.25, 0.3) is 5.91 Å². The molecule has 122 valence electrons. The van der Waals surface area contributed by atoms with Crippen molar-refractivity contribution in [1.29, 1.82) is 0 Å². The summed E-state index contributed by atoms with van der Waals surface area (Å²) in [5.41, 5.74) is 4.00. The Bertz CT molecular complexity index is 456. The number of methoxy groups -OCH3 is 1. The molecule has 4 bridgehead atoms. The van der Waals surface area contributed by atoms with Crippen molar-refractivity contribution in [2.45, 2.75) is 38.5 Å². The van der Waals surface area contributed by atoms with Crippen molar-refractivity contribution in [2.75, 3.05) is 13.7 Å². The lowest BCUT2D eigenvalue weighted by Gasteiger charge is -2.55. The molecular formula is C15H23N3O4. The van der Waals surface area contributed by atoms with Crippen LogP contribution < -0.4 is 16.2 Å². The maximum absolute atomic E-state index is 12.6. The van der Waals surface area contributed by atoms with Crippen LogP contribution in [0.5, 0.6) is 0 Å². The minimum Gasteiger partial charge on any atom is -0.452 e. The van der Waals surface area contributed by atoms with Crippen molar-refractivity contribution in [3.05, 3.63) is 0 Å². The molecule has 7 heteroatoms. The van der Waals surface area contributed by atoms with Gasteiger partial charge in [-0.2, -0.15) is 0 Å². The summed E-state index contributed by atoms with van der Waals surface area (Å²) in [4.78, 5) is 35.0. The summed E-state index contributed by atoms with van der Waals surface area (Å²) >= 11 is 0. The third-order valence-electron chi connectivity index (χ3n) is 5.42. The van der Waals surface area contributed by atoms with Gasteiger partial charge < -0.3 is 10.1 Å². The molecule has 0 saturated heterocycles. The molecule has 0 aromatic carbocycles. The number of carbonyl (C=O) groups excluding carboxylic acids is 3. The van der Waals surface area contributed by atoms with Crippen LogP contribution in [0.1, 0.15) is 38.5 Å². The number of hydrogen-bond acceptors (Lipinski definition) is 4. The molecule has 0 aliphatic heterocycles. The number of hydrazine groups is 1. The summed E-state index contributed by atoms with van der Waals surface area (Å²) in [5.74, 6) is 1.59. The molecule has 4 saturated carbocycles. The lowest BCUT2D eigenvalue weighted by Crippen LogP contribution is -2.55. The Balaban J connectivity index is 1.50. The summed E-state index contributed by atoms with van der Waals surface area (Å²) < 4.78 is 4.34. The first-order valence-electron chi connectivity index (χ1n) is 7.92. The molecule has 22 heavy (non-hydrogen) atoms. The van der Waals surface area contributed by atoms with Crippen molar-refractivity contribution in [3.63, 3.8) is 0 Å². The predicted octanol–water partition coefficient (Wildman–Crippen LogP) is 0.706. The fourth-order valence-electron chi connectivity index (χ4n) is 4.95. The van der Waals surface area contributed by atoms with E-state index < -0.39 is 12.0 Å². The van der Waals surface area contributed by atoms with Crippen LogP contribution in [-0.4, -0.2) is 31.6 Å². The summed E-state index contributed by atoms with van der Waals surface area (Å²) in [6.07, 6.45) is 5.97. The van der Waals surface area contributed by atoms with E-state index in [1.807, 2.05) is 0 Å². The van der Waals surface area contributed by atoms with Gasteiger partial charge in [0.05, 0.1) is 13.7 Å². The topological polar surface area (TPSA) is 96.5 Å². The summed E-state index contributed by atoms with van der Waals surface area (Å²) in [6.45, 7) is -0.134. The van der Waals surface area contributed by atoms with Gasteiger partial charge in [-0.15, -0.1) is 0 Å². The van der Waals surface area contributed by atoms with Crippen molar-refractivity contribution < 1.29 is 19.1 Å². The highest BCUT2D eigenvalue weighted by molar-refractivity contribution is 5.88. The van der Waals surface area contributed by atoms with Crippen LogP contribution in [0.3, 0.4) is 0 Å². The molecule has 0 heterocycles. The lowest BCUT2D eigenvalue weighted by atomic mass is 9.49. The van der Waals surface area contributed by atoms with E-state index in [1.165, 1.54) is 26.4 Å². The van der Waals surface area contributed by atoms with E-state index in [0.717, 1.165) is 19.3 Å². The first-order chi connectivity index (χ1) is 10.5. The Hall–Kier alpha value is -1.79. The molecule has 0 aromatic heterocycles. The highest BCUT2D eigenvalue weighted by atomic mass is 16.5. The van der Waals surface area contributed by atoms with Crippen LogP contribution in [0.25, 0.3) is 0 Å². The second-order valence-electron chi connectivity index (χ2n) is 7.05. The molecule has 4 aliphatic rings. The van der Waals surface area contributed by atoms with E-state index in [2.05, 4.69) is 20.9 Å². The molecule has 0 spiro atoms. The third-order valence-corrected chi connectivity index (χ3v) is 5.42. The molecule has 0 radical (unpaired) electrons. The molecule has 3 N–H and O–H groups in total. The molecule has 0 atom stereocenters. The largest absolute Gasteiger partial charge is 0.452 e. The zero-order valence-electron chi connectivity index (χ0n) is 12.8. The van der Waals surface area contributed by atoms with Gasteiger partial charge in [-0.25, -0.2) is 10.2 Å². The molecule has 0 unspecified atom stereocenters. The van der Waals surface area contributed by atoms with E-state index in [9.17, 15) is 14.4 Å². The van der Waals surface area contributed by atoms with Gasteiger partial charge >= 0.3 is 6.09 Å². The molecule has 0 aromatic rings. The lowest BCUT2D eigenvalue weighted by molar-refractivity contribution is -0.147. The minimum absolute atomic E-state index is 0.000168. The van der Waals surface area contributed by atoms with E-state index in [1.54, 1.807) is 0 Å². The van der Waals surface area contributed by atoms with Crippen molar-refractivity contribution >= 4 is 17.9 Å². The van der Waals surface area contributed by atoms with Crippen LogP contribution in [0, 0.1) is 23.2 Å². The van der Waals surface area contributed by atoms with E-state index >= 15 is 0 Å². The van der Waals surface area contributed by atoms with Gasteiger partial charge in [-0.1, -0.05) is 0 Å². The Morgan fingerprint density at radius 3 is 2.05 bits per heavy atom. The van der Waals surface area contributed by atoms with E-state index in [4.69, 9.17) is 0 Å². The molecule has 4 fully saturated rings. The molecule has 4 rings (SSSR count). The monoisotopic (exact) mass is 309 g/mol. The van der Waals surface area contributed by atoms with Gasteiger partial charge in [0.15, 0.2) is 0 Å². The quantitative estimate of drug-likeness (QED) is 0.669. The Morgan fingerprint density at radius 2 is 1.55 bits per heavy atom. The third kappa shape index (κ3) is 2.89. The van der Waals surface area contributed by atoms with Crippen molar-refractivity contribution in [1.82, 2.24) is 16.2 Å². The van der Waals surface area contributed by atoms with Crippen LogP contribution in [0.2, 0.25) is 0 Å². The van der Waals surface area contributed by atoms with E-state index in [-0.39, 0.29) is 17.9 Å². The van der Waals surface area contributed by atoms with Gasteiger partial charge in [0.1, 0.15) is 0 Å². The normalized spacial score (nSPS) is 34.9. The highest BCUT2D eigenvalue weighted by Gasteiger charge is 2.54. The second-order valence-corrected chi connectivity index (χ2v) is 7.05. The number of ether oxygens (including phenoxy) is 1. The van der Waals surface area contributed by atoms with Crippen LogP contribution in [0.15, 0.2) is 0 Å². The second kappa shape index (κ2) is 5.78. The number of amides is 3. The first kappa shape index (κ1) is 15.1. The summed E-state index contributed by atoms with van der Waals surface area (Å²) in [7, 11) is 1.20. The van der Waals surface area contributed by atoms with Gasteiger partial charge in [-0.3, -0.25) is 15.0 Å². The minimum atomic E-state index is -0.749. The summed E-state index contributed by atoms with van der Waals surface area (Å²) in [6, 6.07) is 0. The number of nitrogens with one attached hydrogen (secondary N) is 3. The average Bonchev–Trinajstić information content (AvgIpc) is 2.48. The first-order valence-corrected chi connectivity index (χ1v) is 7.92. The Kier molecular flexibility index (Phi) is 3.97. The van der Waals surface area contributed by atoms with Crippen LogP contribution in [-0.2, 0) is 14.3 Å². The zero-order chi connectivity index (χ0) is 15.7. The Morgan fingerprint density at radius 1 is 1.00 bits per heavy atom. The predicted molar refractivity (Wildman–Crippen MR) is 77.3 cm³/mol. The van der Waals surface area contributed by atoms with E-state index in [0.29, 0.717) is 17.8 Å². The number of hydrogen-bond donors (Lipinski definition) is 3. The van der Waals surface area contributed by atoms with Crippen LogP contribution >= 0.6 is 0 Å². The fraction of sp³-hybridized carbons (Fsp3) is 0.800. The smallest absolute Gasteiger partial charge is 0.425 e. The maximum Gasteiger partial charge on any atom is 0.425 e. The number of carbonyl (C=O) groups is 3. The summed E-state index contributed by atoms with van der Waals surface area (Å²) in [5, 5.41) is 2.74. The molecule has 7 nitrogen and oxygen atoms in total. The SMILES string of the molecule is COC(=O)NNC(=O)CNC(=O)C12CC3CC(CC(C3)C1)C2. The average molecular weight is 309 g/mol. The zero-order valence-corrected chi connectivity index (χ0v) is 12.8. The van der Waals surface area contributed by atoms with Crippen molar-refractivity contribution in [2.24, 2.45) is 23.2 Å². The van der Waals surface area contributed by atoms with Gasteiger partial charge in [-0.05, 0) is 56.3 Å². The Labute approximate surface area is 129 Å². The standard InChI is InChI=1S/C15H23N3O4/c1-22-14(21)18-17-12(19)8-16-13(20)15-5-9-2-10(6-15)4-11(3-9)7-15/h9-11H,2-8H2,1H3,(H,16,20)(H,17,19)(H,18,21). The molecular weight excluding hydrogens is 286 g/mol.